The highest BCUT2D eigenvalue weighted by Gasteiger charge is 2.22. The molecule has 9 heteroatoms. The molecule has 1 heterocycles. The standard InChI is InChI=1S/C16H18ClN3O5/c1-25-16(24)11-2-3-12(17)13(8-11)18-14(22)9-15(23)20-6-4-19(10-21)5-7-20/h2-3,8,10H,4-7,9H2,1H3,(H,18,22). The van der Waals surface area contributed by atoms with Crippen molar-refractivity contribution in [2.75, 3.05) is 38.6 Å². The molecule has 25 heavy (non-hydrogen) atoms. The van der Waals surface area contributed by atoms with Crippen LogP contribution in [0.4, 0.5) is 5.69 Å². The van der Waals surface area contributed by atoms with Crippen molar-refractivity contribution in [1.29, 1.82) is 0 Å². The summed E-state index contributed by atoms with van der Waals surface area (Å²) >= 11 is 6.00. The van der Waals surface area contributed by atoms with Crippen LogP contribution in [0.2, 0.25) is 5.02 Å². The number of carbonyl (C=O) groups excluding carboxylic acids is 4. The zero-order valence-electron chi connectivity index (χ0n) is 13.7. The van der Waals surface area contributed by atoms with Gasteiger partial charge in [-0.15, -0.1) is 0 Å². The molecule has 0 unspecified atom stereocenters. The van der Waals surface area contributed by atoms with E-state index in [0.29, 0.717) is 26.2 Å². The smallest absolute Gasteiger partial charge is 0.337 e. The van der Waals surface area contributed by atoms with Gasteiger partial charge in [0.25, 0.3) is 0 Å². The summed E-state index contributed by atoms with van der Waals surface area (Å²) in [5.41, 5.74) is 0.464. The second kappa shape index (κ2) is 8.48. The predicted octanol–water partition coefficient (Wildman–Crippen LogP) is 0.756. The van der Waals surface area contributed by atoms with Crippen LogP contribution in [0, 0.1) is 0 Å². The molecule has 8 nitrogen and oxygen atoms in total. The number of nitrogens with one attached hydrogen (secondary N) is 1. The van der Waals surface area contributed by atoms with Crippen molar-refractivity contribution in [2.45, 2.75) is 6.42 Å². The molecule has 134 valence electrons. The van der Waals surface area contributed by atoms with E-state index in [9.17, 15) is 19.2 Å². The largest absolute Gasteiger partial charge is 0.465 e. The maximum absolute atomic E-state index is 12.2. The molecule has 1 N–H and O–H groups in total. The molecule has 0 radical (unpaired) electrons. The van der Waals surface area contributed by atoms with Crippen molar-refractivity contribution in [3.8, 4) is 0 Å². The third-order valence-electron chi connectivity index (χ3n) is 3.79. The zero-order valence-corrected chi connectivity index (χ0v) is 14.4. The topological polar surface area (TPSA) is 96.0 Å². The number of hydrogen-bond donors (Lipinski definition) is 1. The Kier molecular flexibility index (Phi) is 6.35. The van der Waals surface area contributed by atoms with Crippen LogP contribution >= 0.6 is 11.6 Å². The summed E-state index contributed by atoms with van der Waals surface area (Å²) in [6.45, 7) is 1.68. The van der Waals surface area contributed by atoms with Gasteiger partial charge in [0.1, 0.15) is 6.42 Å². The average Bonchev–Trinajstić information content (AvgIpc) is 2.62. The van der Waals surface area contributed by atoms with Gasteiger partial charge in [-0.25, -0.2) is 4.79 Å². The Balaban J connectivity index is 1.95. The van der Waals surface area contributed by atoms with Gasteiger partial charge in [0.15, 0.2) is 0 Å². The molecule has 3 amide bonds. The number of hydrogen-bond acceptors (Lipinski definition) is 5. The molecule has 1 saturated heterocycles. The van der Waals surface area contributed by atoms with E-state index in [0.717, 1.165) is 6.41 Å². The molecular weight excluding hydrogens is 350 g/mol. The fraction of sp³-hybridized carbons (Fsp3) is 0.375. The van der Waals surface area contributed by atoms with E-state index in [4.69, 9.17) is 11.6 Å². The monoisotopic (exact) mass is 367 g/mol. The van der Waals surface area contributed by atoms with Crippen molar-refractivity contribution >= 4 is 41.5 Å². The fourth-order valence-corrected chi connectivity index (χ4v) is 2.55. The molecule has 0 bridgehead atoms. The predicted molar refractivity (Wildman–Crippen MR) is 90.3 cm³/mol. The molecular formula is C16H18ClN3O5. The lowest BCUT2D eigenvalue weighted by Crippen LogP contribution is -2.48. The third kappa shape index (κ3) is 4.93. The number of benzene rings is 1. The number of ether oxygens (including phenoxy) is 1. The maximum atomic E-state index is 12.2. The molecule has 0 saturated carbocycles. The molecule has 0 spiro atoms. The van der Waals surface area contributed by atoms with Crippen LogP contribution in [0.1, 0.15) is 16.8 Å². The lowest BCUT2D eigenvalue weighted by molar-refractivity contribution is -0.137. The number of nitrogens with zero attached hydrogens (tertiary/aromatic N) is 2. The van der Waals surface area contributed by atoms with E-state index in [-0.39, 0.29) is 28.6 Å². The molecule has 1 aliphatic heterocycles. The van der Waals surface area contributed by atoms with E-state index in [1.54, 1.807) is 4.90 Å². The van der Waals surface area contributed by atoms with Gasteiger partial charge in [-0.1, -0.05) is 11.6 Å². The number of anilines is 1. The summed E-state index contributed by atoms with van der Waals surface area (Å²) in [7, 11) is 1.25. The molecule has 0 aliphatic carbocycles. The van der Waals surface area contributed by atoms with Crippen molar-refractivity contribution in [3.63, 3.8) is 0 Å². The number of carbonyl (C=O) groups is 4. The Hall–Kier alpha value is -2.61. The Bertz CT molecular complexity index is 686. The normalized spacial score (nSPS) is 14.0. The van der Waals surface area contributed by atoms with Crippen molar-refractivity contribution in [3.05, 3.63) is 28.8 Å². The number of esters is 1. The fourth-order valence-electron chi connectivity index (χ4n) is 2.39. The Morgan fingerprint density at radius 3 is 2.52 bits per heavy atom. The van der Waals surface area contributed by atoms with Gasteiger partial charge in [0.05, 0.1) is 23.4 Å². The van der Waals surface area contributed by atoms with Gasteiger partial charge in [-0.3, -0.25) is 14.4 Å². The summed E-state index contributed by atoms with van der Waals surface area (Å²) < 4.78 is 4.61. The van der Waals surface area contributed by atoms with E-state index < -0.39 is 11.9 Å². The first-order valence-corrected chi connectivity index (χ1v) is 7.97. The number of methoxy groups -OCH3 is 1. The van der Waals surface area contributed by atoms with Crippen molar-refractivity contribution in [2.24, 2.45) is 0 Å². The van der Waals surface area contributed by atoms with Crippen LogP contribution in [0.25, 0.3) is 0 Å². The molecule has 2 rings (SSSR count). The summed E-state index contributed by atoms with van der Waals surface area (Å²) in [6, 6.07) is 4.32. The lowest BCUT2D eigenvalue weighted by atomic mass is 10.2. The second-order valence-electron chi connectivity index (χ2n) is 5.43. The first kappa shape index (κ1) is 18.7. The van der Waals surface area contributed by atoms with Gasteiger partial charge in [0.2, 0.25) is 18.2 Å². The second-order valence-corrected chi connectivity index (χ2v) is 5.84. The maximum Gasteiger partial charge on any atom is 0.337 e. The van der Waals surface area contributed by atoms with Crippen LogP contribution in [0.5, 0.6) is 0 Å². The highest BCUT2D eigenvalue weighted by atomic mass is 35.5. The zero-order chi connectivity index (χ0) is 18.4. The number of piperazine rings is 1. The quantitative estimate of drug-likeness (QED) is 0.471. The Morgan fingerprint density at radius 1 is 1.24 bits per heavy atom. The summed E-state index contributed by atoms with van der Waals surface area (Å²) in [5, 5.41) is 2.77. The van der Waals surface area contributed by atoms with Gasteiger partial charge in [-0.2, -0.15) is 0 Å². The lowest BCUT2D eigenvalue weighted by Gasteiger charge is -2.32. The molecule has 0 aromatic heterocycles. The van der Waals surface area contributed by atoms with E-state index in [1.165, 1.54) is 30.2 Å². The van der Waals surface area contributed by atoms with Crippen molar-refractivity contribution < 1.29 is 23.9 Å². The highest BCUT2D eigenvalue weighted by Crippen LogP contribution is 2.23. The molecule has 1 aromatic rings. The van der Waals surface area contributed by atoms with E-state index >= 15 is 0 Å². The molecule has 1 aliphatic rings. The minimum atomic E-state index is -0.559. The average molecular weight is 368 g/mol. The molecule has 0 atom stereocenters. The minimum absolute atomic E-state index is 0.230. The van der Waals surface area contributed by atoms with Crippen molar-refractivity contribution in [1.82, 2.24) is 9.80 Å². The van der Waals surface area contributed by atoms with Gasteiger partial charge >= 0.3 is 5.97 Å². The number of rotatable bonds is 5. The summed E-state index contributed by atoms with van der Waals surface area (Å²) in [6.07, 6.45) is 0.394. The van der Waals surface area contributed by atoms with E-state index in [2.05, 4.69) is 10.1 Å². The summed E-state index contributed by atoms with van der Waals surface area (Å²) in [4.78, 5) is 49.5. The van der Waals surface area contributed by atoms with Crippen LogP contribution in [-0.2, 0) is 19.1 Å². The first-order valence-electron chi connectivity index (χ1n) is 7.59. The van der Waals surface area contributed by atoms with Gasteiger partial charge in [-0.05, 0) is 18.2 Å². The Morgan fingerprint density at radius 2 is 1.92 bits per heavy atom. The van der Waals surface area contributed by atoms with Gasteiger partial charge in [0, 0.05) is 26.2 Å². The molecule has 1 aromatic carbocycles. The molecule has 1 fully saturated rings. The van der Waals surface area contributed by atoms with Crippen LogP contribution in [-0.4, -0.2) is 67.3 Å². The SMILES string of the molecule is COC(=O)c1ccc(Cl)c(NC(=O)CC(=O)N2CCN(C=O)CC2)c1. The van der Waals surface area contributed by atoms with Gasteiger partial charge < -0.3 is 19.9 Å². The first-order chi connectivity index (χ1) is 11.9. The van der Waals surface area contributed by atoms with Crippen LogP contribution < -0.4 is 5.32 Å². The number of halogens is 1. The Labute approximate surface area is 149 Å². The summed E-state index contributed by atoms with van der Waals surface area (Å²) in [5.74, 6) is -1.42. The minimum Gasteiger partial charge on any atom is -0.465 e. The number of amides is 3. The van der Waals surface area contributed by atoms with Crippen LogP contribution in [0.15, 0.2) is 18.2 Å². The van der Waals surface area contributed by atoms with Crippen LogP contribution in [0.3, 0.4) is 0 Å². The highest BCUT2D eigenvalue weighted by molar-refractivity contribution is 6.34. The third-order valence-corrected chi connectivity index (χ3v) is 4.12. The van der Waals surface area contributed by atoms with E-state index in [1.807, 2.05) is 0 Å².